The van der Waals surface area contributed by atoms with Gasteiger partial charge in [-0.25, -0.2) is 4.98 Å². The van der Waals surface area contributed by atoms with Crippen LogP contribution in [0.15, 0.2) is 5.38 Å². The number of nitrogens with one attached hydrogen (secondary N) is 1. The van der Waals surface area contributed by atoms with Crippen molar-refractivity contribution in [3.8, 4) is 0 Å². The lowest BCUT2D eigenvalue weighted by Crippen LogP contribution is -2.56. The van der Waals surface area contributed by atoms with E-state index in [-0.39, 0.29) is 17.9 Å². The first-order valence-corrected chi connectivity index (χ1v) is 10.7. The fraction of sp³-hybridized carbons (Fsp3) is 0.737. The molecule has 0 spiro atoms. The Morgan fingerprint density at radius 3 is 2.54 bits per heavy atom. The molecule has 1 N–H and O–H groups in total. The van der Waals surface area contributed by atoms with E-state index in [9.17, 15) is 9.59 Å². The highest BCUT2D eigenvalue weighted by Gasteiger charge is 2.35. The van der Waals surface area contributed by atoms with Crippen molar-refractivity contribution in [1.29, 1.82) is 0 Å². The van der Waals surface area contributed by atoms with E-state index in [0.29, 0.717) is 5.92 Å². The quantitative estimate of drug-likeness (QED) is 0.823. The number of piperazine rings is 1. The van der Waals surface area contributed by atoms with Crippen LogP contribution in [0.2, 0.25) is 0 Å². The first kappa shape index (κ1) is 19.3. The molecule has 2 amide bonds. The maximum absolute atomic E-state index is 13.0. The van der Waals surface area contributed by atoms with Crippen molar-refractivity contribution in [1.82, 2.24) is 20.1 Å². The second-order valence-corrected chi connectivity index (χ2v) is 8.35. The highest BCUT2D eigenvalue weighted by atomic mass is 32.1. The molecule has 2 fully saturated rings. The van der Waals surface area contributed by atoms with Crippen molar-refractivity contribution in [3.63, 3.8) is 0 Å². The number of aryl methyl sites for hydroxylation is 1. The van der Waals surface area contributed by atoms with Crippen molar-refractivity contribution in [2.75, 3.05) is 26.2 Å². The summed E-state index contributed by atoms with van der Waals surface area (Å²) in [5.41, 5.74) is 1.13. The fourth-order valence-corrected chi connectivity index (χ4v) is 4.76. The van der Waals surface area contributed by atoms with Crippen molar-refractivity contribution >= 4 is 23.2 Å². The number of nitrogens with zero attached hydrogens (tertiary/aromatic N) is 3. The first-order chi connectivity index (χ1) is 12.6. The van der Waals surface area contributed by atoms with Gasteiger partial charge in [-0.3, -0.25) is 14.5 Å². The summed E-state index contributed by atoms with van der Waals surface area (Å²) in [7, 11) is 0. The summed E-state index contributed by atoms with van der Waals surface area (Å²) < 4.78 is 0. The molecule has 1 unspecified atom stereocenters. The number of amides is 2. The van der Waals surface area contributed by atoms with Crippen LogP contribution >= 0.6 is 11.3 Å². The van der Waals surface area contributed by atoms with E-state index in [0.717, 1.165) is 70.5 Å². The Morgan fingerprint density at radius 2 is 1.96 bits per heavy atom. The molecule has 2 heterocycles. The predicted octanol–water partition coefficient (Wildman–Crippen LogP) is 2.04. The van der Waals surface area contributed by atoms with Gasteiger partial charge in [0.1, 0.15) is 6.04 Å². The van der Waals surface area contributed by atoms with Gasteiger partial charge in [-0.2, -0.15) is 0 Å². The van der Waals surface area contributed by atoms with E-state index in [2.05, 4.69) is 27.5 Å². The average molecular weight is 379 g/mol. The zero-order valence-corrected chi connectivity index (χ0v) is 16.7. The third-order valence-electron chi connectivity index (χ3n) is 5.47. The molecule has 1 aliphatic heterocycles. The van der Waals surface area contributed by atoms with Crippen LogP contribution in [0.25, 0.3) is 0 Å². The minimum Gasteiger partial charge on any atom is -0.344 e. The Morgan fingerprint density at radius 1 is 1.27 bits per heavy atom. The van der Waals surface area contributed by atoms with Crippen LogP contribution in [-0.4, -0.2) is 58.8 Å². The van der Waals surface area contributed by atoms with Crippen LogP contribution in [0, 0.1) is 5.92 Å². The maximum Gasteiger partial charge on any atom is 0.245 e. The van der Waals surface area contributed by atoms with Crippen LogP contribution in [0.1, 0.15) is 50.2 Å². The molecule has 1 aromatic heterocycles. The summed E-state index contributed by atoms with van der Waals surface area (Å²) in [5.74, 6) is 0.296. The number of thiazole rings is 1. The highest BCUT2D eigenvalue weighted by molar-refractivity contribution is 7.09. The zero-order chi connectivity index (χ0) is 18.5. The van der Waals surface area contributed by atoms with Gasteiger partial charge in [0.05, 0.1) is 10.7 Å². The molecule has 0 radical (unpaired) electrons. The second kappa shape index (κ2) is 8.95. The van der Waals surface area contributed by atoms with E-state index in [1.807, 2.05) is 4.90 Å². The fourth-order valence-electron chi connectivity index (χ4n) is 4.03. The predicted molar refractivity (Wildman–Crippen MR) is 103 cm³/mol. The maximum atomic E-state index is 13.0. The lowest BCUT2D eigenvalue weighted by Gasteiger charge is -2.37. The van der Waals surface area contributed by atoms with E-state index in [4.69, 9.17) is 0 Å². The summed E-state index contributed by atoms with van der Waals surface area (Å²) in [6.45, 7) is 7.67. The molecule has 3 rings (SSSR count). The molecule has 1 atom stereocenters. The van der Waals surface area contributed by atoms with E-state index in [1.54, 1.807) is 11.3 Å². The third-order valence-corrected chi connectivity index (χ3v) is 6.51. The molecule has 26 heavy (non-hydrogen) atoms. The number of carbonyl (C=O) groups is 2. The van der Waals surface area contributed by atoms with Gasteiger partial charge in [0, 0.05) is 45.0 Å². The molecular formula is C19H30N4O2S. The van der Waals surface area contributed by atoms with E-state index in [1.165, 1.54) is 11.9 Å². The van der Waals surface area contributed by atoms with Crippen LogP contribution in [0.5, 0.6) is 0 Å². The minimum atomic E-state index is -0.341. The summed E-state index contributed by atoms with van der Waals surface area (Å²) in [6, 6.07) is -0.341. The Bertz CT molecular complexity index is 619. The highest BCUT2D eigenvalue weighted by Crippen LogP contribution is 2.29. The summed E-state index contributed by atoms with van der Waals surface area (Å²) in [6.07, 6.45) is 5.39. The van der Waals surface area contributed by atoms with Crippen molar-refractivity contribution in [2.24, 2.45) is 5.92 Å². The average Bonchev–Trinajstić information content (AvgIpc) is 3.31. The summed E-state index contributed by atoms with van der Waals surface area (Å²) in [5, 5.41) is 6.25. The first-order valence-electron chi connectivity index (χ1n) is 9.78. The second-order valence-electron chi connectivity index (χ2n) is 7.41. The Kier molecular flexibility index (Phi) is 6.64. The third kappa shape index (κ3) is 4.82. The Labute approximate surface area is 160 Å². The van der Waals surface area contributed by atoms with Crippen molar-refractivity contribution < 1.29 is 9.59 Å². The van der Waals surface area contributed by atoms with Crippen LogP contribution in [0.3, 0.4) is 0 Å². The van der Waals surface area contributed by atoms with Crippen LogP contribution in [-0.2, 0) is 22.6 Å². The molecule has 2 aliphatic rings. The van der Waals surface area contributed by atoms with E-state index < -0.39 is 0 Å². The van der Waals surface area contributed by atoms with Gasteiger partial charge in [0.25, 0.3) is 0 Å². The normalized spacial score (nSPS) is 20.3. The molecule has 1 saturated carbocycles. The lowest BCUT2D eigenvalue weighted by molar-refractivity contribution is -0.139. The topological polar surface area (TPSA) is 65.5 Å². The SMILES string of the molecule is CCc1nc(CN2CCN(C(=O)C(NC(C)=O)C3CCCC3)CC2)cs1. The number of carbonyl (C=O) groups excluding carboxylic acids is 2. The molecular weight excluding hydrogens is 348 g/mol. The molecule has 0 bridgehead atoms. The smallest absolute Gasteiger partial charge is 0.245 e. The largest absolute Gasteiger partial charge is 0.344 e. The number of rotatable bonds is 6. The van der Waals surface area contributed by atoms with Gasteiger partial charge < -0.3 is 10.2 Å². The lowest BCUT2D eigenvalue weighted by atomic mass is 9.96. The molecule has 144 valence electrons. The van der Waals surface area contributed by atoms with Crippen LogP contribution in [0.4, 0.5) is 0 Å². The van der Waals surface area contributed by atoms with Gasteiger partial charge in [0.15, 0.2) is 0 Å². The van der Waals surface area contributed by atoms with Gasteiger partial charge in [-0.1, -0.05) is 19.8 Å². The number of hydrogen-bond acceptors (Lipinski definition) is 5. The van der Waals surface area contributed by atoms with Crippen molar-refractivity contribution in [2.45, 2.75) is 58.5 Å². The molecule has 6 nitrogen and oxygen atoms in total. The summed E-state index contributed by atoms with van der Waals surface area (Å²) in [4.78, 5) is 33.5. The molecule has 1 saturated heterocycles. The van der Waals surface area contributed by atoms with Gasteiger partial charge >= 0.3 is 0 Å². The monoisotopic (exact) mass is 378 g/mol. The molecule has 1 aliphatic carbocycles. The minimum absolute atomic E-state index is 0.105. The Balaban J connectivity index is 1.53. The molecule has 1 aromatic rings. The van der Waals surface area contributed by atoms with E-state index >= 15 is 0 Å². The van der Waals surface area contributed by atoms with Gasteiger partial charge in [0.2, 0.25) is 11.8 Å². The van der Waals surface area contributed by atoms with Gasteiger partial charge in [-0.05, 0) is 25.2 Å². The Hall–Kier alpha value is -1.47. The van der Waals surface area contributed by atoms with Crippen molar-refractivity contribution in [3.05, 3.63) is 16.1 Å². The number of hydrogen-bond donors (Lipinski definition) is 1. The number of aromatic nitrogens is 1. The standard InChI is InChI=1S/C19H30N4O2S/c1-3-17-21-16(13-26-17)12-22-8-10-23(11-9-22)19(25)18(20-14(2)24)15-6-4-5-7-15/h13,15,18H,3-12H2,1-2H3,(H,20,24). The van der Waals surface area contributed by atoms with Gasteiger partial charge in [-0.15, -0.1) is 11.3 Å². The zero-order valence-electron chi connectivity index (χ0n) is 15.9. The molecule has 7 heteroatoms. The van der Waals surface area contributed by atoms with Crippen LogP contribution < -0.4 is 5.32 Å². The summed E-state index contributed by atoms with van der Waals surface area (Å²) >= 11 is 1.72. The molecule has 0 aromatic carbocycles.